The second-order valence-electron chi connectivity index (χ2n) is 5.64. The van der Waals surface area contributed by atoms with Gasteiger partial charge in [0.05, 0.1) is 6.42 Å². The Labute approximate surface area is 126 Å². The first kappa shape index (κ1) is 15.8. The van der Waals surface area contributed by atoms with Crippen LogP contribution in [0.3, 0.4) is 0 Å². The van der Waals surface area contributed by atoms with Crippen LogP contribution in [0.2, 0.25) is 0 Å². The van der Waals surface area contributed by atoms with Gasteiger partial charge in [-0.2, -0.15) is 0 Å². The molecule has 0 atom stereocenters. The van der Waals surface area contributed by atoms with Crippen molar-refractivity contribution < 1.29 is 9.90 Å². The minimum Gasteiger partial charge on any atom is -0.481 e. The molecule has 1 aromatic rings. The van der Waals surface area contributed by atoms with Gasteiger partial charge in [-0.05, 0) is 37.7 Å². The first-order chi connectivity index (χ1) is 10.1. The summed E-state index contributed by atoms with van der Waals surface area (Å²) >= 11 is 0. The number of benzene rings is 1. The lowest BCUT2D eigenvalue weighted by Gasteiger charge is -2.23. The number of nitrogens with zero attached hydrogens (tertiary/aromatic N) is 2. The number of rotatable bonds is 6. The molecule has 0 bridgehead atoms. The van der Waals surface area contributed by atoms with Crippen LogP contribution in [0, 0.1) is 0 Å². The van der Waals surface area contributed by atoms with Crippen LogP contribution in [0.25, 0.3) is 0 Å². The van der Waals surface area contributed by atoms with Crippen molar-refractivity contribution in [1.29, 1.82) is 0 Å². The molecule has 1 aliphatic heterocycles. The van der Waals surface area contributed by atoms with Crippen LogP contribution in [0.15, 0.2) is 24.3 Å². The molecule has 1 heterocycles. The van der Waals surface area contributed by atoms with Crippen molar-refractivity contribution in [2.45, 2.75) is 19.4 Å². The van der Waals surface area contributed by atoms with E-state index in [1.807, 2.05) is 7.05 Å². The predicted octanol–water partition coefficient (Wildman–Crippen LogP) is 1.39. The van der Waals surface area contributed by atoms with Crippen LogP contribution >= 0.6 is 0 Å². The van der Waals surface area contributed by atoms with Crippen molar-refractivity contribution in [1.82, 2.24) is 10.2 Å². The monoisotopic (exact) mass is 291 g/mol. The van der Waals surface area contributed by atoms with Gasteiger partial charge in [-0.3, -0.25) is 4.79 Å². The zero-order valence-electron chi connectivity index (χ0n) is 12.7. The molecule has 2 N–H and O–H groups in total. The predicted molar refractivity (Wildman–Crippen MR) is 84.7 cm³/mol. The zero-order valence-corrected chi connectivity index (χ0v) is 12.7. The number of hydrogen-bond donors (Lipinski definition) is 2. The molecule has 5 nitrogen and oxygen atoms in total. The molecule has 0 spiro atoms. The van der Waals surface area contributed by atoms with Crippen molar-refractivity contribution in [3.63, 3.8) is 0 Å². The van der Waals surface area contributed by atoms with E-state index in [9.17, 15) is 4.79 Å². The lowest BCUT2D eigenvalue weighted by Crippen LogP contribution is -2.28. The minimum absolute atomic E-state index is 0.188. The molecule has 0 aliphatic carbocycles. The van der Waals surface area contributed by atoms with Crippen molar-refractivity contribution in [2.75, 3.05) is 44.7 Å². The molecule has 116 valence electrons. The fraction of sp³-hybridized carbons (Fsp3) is 0.562. The van der Waals surface area contributed by atoms with Crippen LogP contribution in [-0.2, 0) is 11.3 Å². The van der Waals surface area contributed by atoms with E-state index in [0.29, 0.717) is 6.54 Å². The van der Waals surface area contributed by atoms with E-state index in [0.717, 1.165) is 32.7 Å². The summed E-state index contributed by atoms with van der Waals surface area (Å²) in [4.78, 5) is 15.1. The van der Waals surface area contributed by atoms with Gasteiger partial charge in [-0.15, -0.1) is 0 Å². The third-order valence-corrected chi connectivity index (χ3v) is 3.78. The minimum atomic E-state index is -0.743. The smallest absolute Gasteiger partial charge is 0.304 e. The maximum Gasteiger partial charge on any atom is 0.304 e. The van der Waals surface area contributed by atoms with Crippen molar-refractivity contribution >= 4 is 11.7 Å². The van der Waals surface area contributed by atoms with Gasteiger partial charge < -0.3 is 20.2 Å². The fourth-order valence-corrected chi connectivity index (χ4v) is 2.63. The molecule has 0 radical (unpaired) electrons. The van der Waals surface area contributed by atoms with E-state index in [2.05, 4.69) is 39.4 Å². The molecule has 0 unspecified atom stereocenters. The topological polar surface area (TPSA) is 55.8 Å². The van der Waals surface area contributed by atoms with Crippen LogP contribution in [0.1, 0.15) is 18.4 Å². The number of carboxylic acid groups (broad SMARTS) is 1. The summed E-state index contributed by atoms with van der Waals surface area (Å²) in [5.41, 5.74) is 2.50. The fourth-order valence-electron chi connectivity index (χ4n) is 2.63. The summed E-state index contributed by atoms with van der Waals surface area (Å²) in [5.74, 6) is -0.743. The number of carboxylic acids is 1. The van der Waals surface area contributed by atoms with Crippen molar-refractivity contribution in [2.24, 2.45) is 0 Å². The highest BCUT2D eigenvalue weighted by molar-refractivity contribution is 5.66. The van der Waals surface area contributed by atoms with Gasteiger partial charge in [0.25, 0.3) is 0 Å². The highest BCUT2D eigenvalue weighted by atomic mass is 16.4. The van der Waals surface area contributed by atoms with Crippen LogP contribution in [0.5, 0.6) is 0 Å². The largest absolute Gasteiger partial charge is 0.481 e. The van der Waals surface area contributed by atoms with Gasteiger partial charge in [0, 0.05) is 38.4 Å². The molecule has 1 fully saturated rings. The number of carbonyl (C=O) groups is 1. The number of aliphatic carboxylic acids is 1. The second-order valence-corrected chi connectivity index (χ2v) is 5.64. The summed E-state index contributed by atoms with van der Waals surface area (Å²) in [6, 6.07) is 8.58. The lowest BCUT2D eigenvalue weighted by molar-refractivity contribution is -0.137. The van der Waals surface area contributed by atoms with E-state index in [4.69, 9.17) is 5.11 Å². The Morgan fingerprint density at radius 1 is 1.38 bits per heavy atom. The Kier molecular flexibility index (Phi) is 6.02. The summed E-state index contributed by atoms with van der Waals surface area (Å²) < 4.78 is 0. The molecular formula is C16H25N3O2. The standard InChI is InChI=1S/C16H25N3O2/c1-18(10-6-16(20)21)13-14-4-2-5-15(12-14)19-9-3-7-17-8-11-19/h2,4-5,12,17H,3,6-11,13H2,1H3,(H,20,21). The van der Waals surface area contributed by atoms with E-state index in [1.54, 1.807) is 0 Å². The van der Waals surface area contributed by atoms with Gasteiger partial charge in [0.2, 0.25) is 0 Å². The Hall–Kier alpha value is -1.59. The molecule has 1 saturated heterocycles. The normalized spacial score (nSPS) is 16.0. The van der Waals surface area contributed by atoms with Gasteiger partial charge in [0.15, 0.2) is 0 Å². The molecule has 1 aromatic carbocycles. The zero-order chi connectivity index (χ0) is 15.1. The van der Waals surface area contributed by atoms with Crippen molar-refractivity contribution in [3.8, 4) is 0 Å². The SMILES string of the molecule is CN(CCC(=O)O)Cc1cccc(N2CCCNCC2)c1. The highest BCUT2D eigenvalue weighted by Crippen LogP contribution is 2.18. The maximum atomic E-state index is 10.6. The second kappa shape index (κ2) is 8.00. The van der Waals surface area contributed by atoms with Gasteiger partial charge in [-0.1, -0.05) is 12.1 Å². The molecule has 5 heteroatoms. The van der Waals surface area contributed by atoms with E-state index in [1.165, 1.54) is 17.7 Å². The third-order valence-electron chi connectivity index (χ3n) is 3.78. The van der Waals surface area contributed by atoms with Crippen molar-refractivity contribution in [3.05, 3.63) is 29.8 Å². The first-order valence-corrected chi connectivity index (χ1v) is 7.60. The number of hydrogen-bond acceptors (Lipinski definition) is 4. The summed E-state index contributed by atoms with van der Waals surface area (Å²) in [5, 5.41) is 12.1. The summed E-state index contributed by atoms with van der Waals surface area (Å²) in [6.45, 7) is 5.61. The van der Waals surface area contributed by atoms with Gasteiger partial charge >= 0.3 is 5.97 Å². The summed E-state index contributed by atoms with van der Waals surface area (Å²) in [7, 11) is 1.96. The molecule has 21 heavy (non-hydrogen) atoms. The number of anilines is 1. The average Bonchev–Trinajstić information content (AvgIpc) is 2.74. The molecular weight excluding hydrogens is 266 g/mol. The Morgan fingerprint density at radius 3 is 3.05 bits per heavy atom. The first-order valence-electron chi connectivity index (χ1n) is 7.60. The third kappa shape index (κ3) is 5.36. The quantitative estimate of drug-likeness (QED) is 0.829. The van der Waals surface area contributed by atoms with E-state index < -0.39 is 5.97 Å². The van der Waals surface area contributed by atoms with Crippen LogP contribution < -0.4 is 10.2 Å². The van der Waals surface area contributed by atoms with Crippen LogP contribution in [-0.4, -0.2) is 55.7 Å². The average molecular weight is 291 g/mol. The molecule has 0 saturated carbocycles. The highest BCUT2D eigenvalue weighted by Gasteiger charge is 2.10. The maximum absolute atomic E-state index is 10.6. The van der Waals surface area contributed by atoms with Gasteiger partial charge in [-0.25, -0.2) is 0 Å². The molecule has 0 amide bonds. The Bertz CT molecular complexity index is 457. The van der Waals surface area contributed by atoms with Crippen LogP contribution in [0.4, 0.5) is 5.69 Å². The Morgan fingerprint density at radius 2 is 2.24 bits per heavy atom. The summed E-state index contributed by atoms with van der Waals surface area (Å²) in [6.07, 6.45) is 1.36. The van der Waals surface area contributed by atoms with E-state index >= 15 is 0 Å². The molecule has 0 aromatic heterocycles. The lowest BCUT2D eigenvalue weighted by atomic mass is 10.1. The van der Waals surface area contributed by atoms with Gasteiger partial charge in [0.1, 0.15) is 0 Å². The number of nitrogens with one attached hydrogen (secondary N) is 1. The molecule has 2 rings (SSSR count). The Balaban J connectivity index is 1.94. The van der Waals surface area contributed by atoms with E-state index in [-0.39, 0.29) is 6.42 Å². The molecule has 1 aliphatic rings.